The Morgan fingerprint density at radius 1 is 1.15 bits per heavy atom. The molecule has 5 heteroatoms. The van der Waals surface area contributed by atoms with Gasteiger partial charge in [0.2, 0.25) is 5.95 Å². The van der Waals surface area contributed by atoms with Crippen LogP contribution in [0.25, 0.3) is 0 Å². The van der Waals surface area contributed by atoms with E-state index >= 15 is 0 Å². The van der Waals surface area contributed by atoms with Crippen LogP contribution < -0.4 is 4.90 Å². The summed E-state index contributed by atoms with van der Waals surface area (Å²) in [6.07, 6.45) is 2.08. The maximum atomic E-state index is 4.57. The molecule has 0 radical (unpaired) electrons. The van der Waals surface area contributed by atoms with E-state index in [0.29, 0.717) is 0 Å². The van der Waals surface area contributed by atoms with Crippen molar-refractivity contribution in [2.75, 3.05) is 17.7 Å². The molecule has 0 bridgehead atoms. The zero-order chi connectivity index (χ0) is 14.7. The van der Waals surface area contributed by atoms with Crippen LogP contribution in [0.1, 0.15) is 18.3 Å². The molecule has 0 spiro atoms. The van der Waals surface area contributed by atoms with Crippen LogP contribution >= 0.6 is 27.7 Å². The molecule has 3 nitrogen and oxygen atoms in total. The summed E-state index contributed by atoms with van der Waals surface area (Å²) in [4.78, 5) is 12.5. The molecule has 0 N–H and O–H groups in total. The third-order valence-corrected chi connectivity index (χ3v) is 4.22. The minimum atomic E-state index is 0.766. The van der Waals surface area contributed by atoms with Crippen molar-refractivity contribution in [1.82, 2.24) is 9.97 Å². The van der Waals surface area contributed by atoms with Crippen LogP contribution in [0.15, 0.2) is 33.6 Å². The zero-order valence-corrected chi connectivity index (χ0v) is 14.5. The third-order valence-electron chi connectivity index (χ3n) is 2.96. The summed E-state index contributed by atoms with van der Waals surface area (Å²) in [6.45, 7) is 6.96. The van der Waals surface area contributed by atoms with Crippen molar-refractivity contribution in [3.05, 3.63) is 40.1 Å². The number of rotatable bonds is 4. The standard InChI is InChI=1S/C15H18BrN3S/c1-5-19(15-17-10(2)8-11(3)18-15)13-7-6-12(16)9-14(13)20-4/h6-9H,5H2,1-4H3. The van der Waals surface area contributed by atoms with Gasteiger partial charge in [0.05, 0.1) is 5.69 Å². The summed E-state index contributed by atoms with van der Waals surface area (Å²) in [7, 11) is 0. The first kappa shape index (κ1) is 15.3. The first-order valence-electron chi connectivity index (χ1n) is 6.48. The average molecular weight is 352 g/mol. The average Bonchev–Trinajstić information content (AvgIpc) is 2.40. The van der Waals surface area contributed by atoms with E-state index in [4.69, 9.17) is 0 Å². The topological polar surface area (TPSA) is 29.0 Å². The lowest BCUT2D eigenvalue weighted by Crippen LogP contribution is -2.20. The molecule has 20 heavy (non-hydrogen) atoms. The number of hydrogen-bond acceptors (Lipinski definition) is 4. The molecule has 1 heterocycles. The number of nitrogens with zero attached hydrogens (tertiary/aromatic N) is 3. The van der Waals surface area contributed by atoms with E-state index in [1.807, 2.05) is 19.9 Å². The molecule has 0 amide bonds. The molecule has 0 atom stereocenters. The Kier molecular flexibility index (Phi) is 5.05. The highest BCUT2D eigenvalue weighted by molar-refractivity contribution is 9.10. The van der Waals surface area contributed by atoms with Gasteiger partial charge in [0.25, 0.3) is 0 Å². The minimum absolute atomic E-state index is 0.766. The van der Waals surface area contributed by atoms with Gasteiger partial charge in [0, 0.05) is 27.3 Å². The van der Waals surface area contributed by atoms with Gasteiger partial charge in [-0.1, -0.05) is 15.9 Å². The van der Waals surface area contributed by atoms with Gasteiger partial charge in [-0.2, -0.15) is 0 Å². The van der Waals surface area contributed by atoms with Gasteiger partial charge in [0.1, 0.15) is 0 Å². The van der Waals surface area contributed by atoms with E-state index in [0.717, 1.165) is 34.0 Å². The van der Waals surface area contributed by atoms with E-state index < -0.39 is 0 Å². The number of aryl methyl sites for hydroxylation is 2. The van der Waals surface area contributed by atoms with Gasteiger partial charge in [-0.3, -0.25) is 0 Å². The Bertz CT molecular complexity index is 596. The van der Waals surface area contributed by atoms with E-state index in [2.05, 4.69) is 62.2 Å². The van der Waals surface area contributed by atoms with E-state index in [1.165, 1.54) is 4.90 Å². The van der Waals surface area contributed by atoms with Crippen molar-refractivity contribution >= 4 is 39.3 Å². The fourth-order valence-electron chi connectivity index (χ4n) is 2.12. The summed E-state index contributed by atoms with van der Waals surface area (Å²) in [6, 6.07) is 8.29. The maximum absolute atomic E-state index is 4.57. The van der Waals surface area contributed by atoms with Crippen LogP contribution in [-0.4, -0.2) is 22.8 Å². The second-order valence-corrected chi connectivity index (χ2v) is 6.27. The lowest BCUT2D eigenvalue weighted by molar-refractivity contribution is 0.911. The molecule has 2 rings (SSSR count). The van der Waals surface area contributed by atoms with Crippen LogP contribution in [0.5, 0.6) is 0 Å². The molecular formula is C15H18BrN3S. The molecule has 106 valence electrons. The van der Waals surface area contributed by atoms with Gasteiger partial charge in [-0.05, 0) is 51.3 Å². The minimum Gasteiger partial charge on any atom is -0.310 e. The molecule has 0 unspecified atom stereocenters. The van der Waals surface area contributed by atoms with Crippen molar-refractivity contribution < 1.29 is 0 Å². The molecule has 0 saturated heterocycles. The summed E-state index contributed by atoms with van der Waals surface area (Å²) in [5.41, 5.74) is 3.13. The third kappa shape index (κ3) is 3.33. The number of anilines is 2. The first-order chi connectivity index (χ1) is 9.55. The molecule has 0 aliphatic heterocycles. The highest BCUT2D eigenvalue weighted by Crippen LogP contribution is 2.34. The second kappa shape index (κ2) is 6.59. The predicted octanol–water partition coefficient (Wildman–Crippen LogP) is 4.74. The fourth-order valence-corrected chi connectivity index (χ4v) is 3.27. The lowest BCUT2D eigenvalue weighted by Gasteiger charge is -2.24. The molecule has 1 aromatic carbocycles. The van der Waals surface area contributed by atoms with Crippen molar-refractivity contribution in [2.45, 2.75) is 25.7 Å². The molecular weight excluding hydrogens is 334 g/mol. The molecule has 1 aromatic heterocycles. The van der Waals surface area contributed by atoms with Gasteiger partial charge < -0.3 is 4.90 Å². The van der Waals surface area contributed by atoms with E-state index in [1.54, 1.807) is 11.8 Å². The zero-order valence-electron chi connectivity index (χ0n) is 12.1. The first-order valence-corrected chi connectivity index (χ1v) is 8.50. The van der Waals surface area contributed by atoms with Gasteiger partial charge in [-0.25, -0.2) is 9.97 Å². The van der Waals surface area contributed by atoms with Crippen LogP contribution in [0.2, 0.25) is 0 Å². The van der Waals surface area contributed by atoms with Crippen LogP contribution in [-0.2, 0) is 0 Å². The normalized spacial score (nSPS) is 10.7. The van der Waals surface area contributed by atoms with Gasteiger partial charge in [-0.15, -0.1) is 11.8 Å². The number of hydrogen-bond donors (Lipinski definition) is 0. The number of benzene rings is 1. The van der Waals surface area contributed by atoms with Crippen molar-refractivity contribution in [2.24, 2.45) is 0 Å². The summed E-state index contributed by atoms with van der Waals surface area (Å²) in [5.74, 6) is 0.766. The summed E-state index contributed by atoms with van der Waals surface area (Å²) in [5, 5.41) is 0. The fraction of sp³-hybridized carbons (Fsp3) is 0.333. The SMILES string of the molecule is CCN(c1nc(C)cc(C)n1)c1ccc(Br)cc1SC. The molecule has 0 saturated carbocycles. The van der Waals surface area contributed by atoms with Crippen LogP contribution in [0, 0.1) is 13.8 Å². The quantitative estimate of drug-likeness (QED) is 0.744. The molecule has 2 aromatic rings. The van der Waals surface area contributed by atoms with Gasteiger partial charge in [0.15, 0.2) is 0 Å². The highest BCUT2D eigenvalue weighted by atomic mass is 79.9. The van der Waals surface area contributed by atoms with Crippen molar-refractivity contribution in [3.63, 3.8) is 0 Å². The smallest absolute Gasteiger partial charge is 0.230 e. The highest BCUT2D eigenvalue weighted by Gasteiger charge is 2.15. The van der Waals surface area contributed by atoms with Crippen molar-refractivity contribution in [3.8, 4) is 0 Å². The Morgan fingerprint density at radius 2 is 1.80 bits per heavy atom. The van der Waals surface area contributed by atoms with E-state index in [9.17, 15) is 0 Å². The van der Waals surface area contributed by atoms with Gasteiger partial charge >= 0.3 is 0 Å². The van der Waals surface area contributed by atoms with Crippen LogP contribution in [0.3, 0.4) is 0 Å². The Hall–Kier alpha value is -1.07. The van der Waals surface area contributed by atoms with Crippen molar-refractivity contribution in [1.29, 1.82) is 0 Å². The molecule has 0 aliphatic rings. The largest absolute Gasteiger partial charge is 0.310 e. The predicted molar refractivity (Wildman–Crippen MR) is 90.1 cm³/mol. The molecule has 0 aliphatic carbocycles. The number of halogens is 1. The summed E-state index contributed by atoms with van der Waals surface area (Å²) >= 11 is 5.25. The maximum Gasteiger partial charge on any atom is 0.230 e. The number of thioether (sulfide) groups is 1. The van der Waals surface area contributed by atoms with E-state index in [-0.39, 0.29) is 0 Å². The summed E-state index contributed by atoms with van der Waals surface area (Å²) < 4.78 is 1.09. The van der Waals surface area contributed by atoms with Crippen LogP contribution in [0.4, 0.5) is 11.6 Å². The Balaban J connectivity index is 2.52. The lowest BCUT2D eigenvalue weighted by atomic mass is 10.3. The number of aromatic nitrogens is 2. The monoisotopic (exact) mass is 351 g/mol. The Labute approximate surface area is 133 Å². The second-order valence-electron chi connectivity index (χ2n) is 4.51. The molecule has 0 fully saturated rings. The Morgan fingerprint density at radius 3 is 2.35 bits per heavy atom.